The third kappa shape index (κ3) is 9.23. The predicted octanol–water partition coefficient (Wildman–Crippen LogP) is 8.95. The number of para-hydroxylation sites is 2. The summed E-state index contributed by atoms with van der Waals surface area (Å²) in [5.74, 6) is -0.952. The number of carboxylic acid groups (broad SMARTS) is 1. The molecule has 2 amide bonds. The molecule has 4 aromatic carbocycles. The summed E-state index contributed by atoms with van der Waals surface area (Å²) in [6.45, 7) is 3.85. The number of hydrogen-bond donors (Lipinski definition) is 3. The quantitative estimate of drug-likeness (QED) is 0.134. The summed E-state index contributed by atoms with van der Waals surface area (Å²) in [4.78, 5) is 51.6. The standard InChI is InChI=1S/C24H26BrNO4.C23H24BrNO4/c1-15-5-3-8-20(21(15)30-19-6-4-7-19)22(27)26-24(23(28)29-2)12-11-16-13-18(25)10-9-17(16)14-24;1-14-4-2-7-19(20(14)29-18-5-3-6-18)21(26)25-23(22(27)28)11-10-15-12-17(24)9-8-16(15)13-23/h3,5,8-10,13,19H,4,6-7,11-12,14H2,1-2H3,(H,26,27);2,4,7-9,12,18H,3,5-6,10-11,13H2,1H3,(H,25,26)(H,27,28). The minimum Gasteiger partial charge on any atom is -0.489 e. The van der Waals surface area contributed by atoms with Crippen molar-refractivity contribution in [1.82, 2.24) is 10.6 Å². The van der Waals surface area contributed by atoms with Crippen LogP contribution in [0.2, 0.25) is 0 Å². The highest BCUT2D eigenvalue weighted by Gasteiger charge is 2.45. The van der Waals surface area contributed by atoms with Crippen LogP contribution in [0.4, 0.5) is 0 Å². The third-order valence-electron chi connectivity index (χ3n) is 12.2. The van der Waals surface area contributed by atoms with Crippen LogP contribution in [-0.4, -0.2) is 59.3 Å². The van der Waals surface area contributed by atoms with E-state index in [-0.39, 0.29) is 24.5 Å². The number of amides is 2. The lowest BCUT2D eigenvalue weighted by molar-refractivity contribution is -0.149. The van der Waals surface area contributed by atoms with Crippen LogP contribution in [0, 0.1) is 13.8 Å². The lowest BCUT2D eigenvalue weighted by Gasteiger charge is -2.36. The predicted molar refractivity (Wildman–Crippen MR) is 231 cm³/mol. The van der Waals surface area contributed by atoms with Gasteiger partial charge in [0.05, 0.1) is 30.4 Å². The first-order valence-electron chi connectivity index (χ1n) is 20.3. The molecule has 0 bridgehead atoms. The molecule has 8 rings (SSSR count). The van der Waals surface area contributed by atoms with Gasteiger partial charge in [0, 0.05) is 21.8 Å². The van der Waals surface area contributed by atoms with Crippen LogP contribution in [0.3, 0.4) is 0 Å². The number of esters is 1. The van der Waals surface area contributed by atoms with Crippen molar-refractivity contribution in [1.29, 1.82) is 0 Å². The number of hydrogen-bond acceptors (Lipinski definition) is 7. The van der Waals surface area contributed by atoms with Crippen molar-refractivity contribution < 1.29 is 38.5 Å². The molecule has 0 aromatic heterocycles. The van der Waals surface area contributed by atoms with Crippen molar-refractivity contribution in [2.75, 3.05) is 7.11 Å². The van der Waals surface area contributed by atoms with E-state index in [1.54, 1.807) is 18.2 Å². The highest BCUT2D eigenvalue weighted by atomic mass is 79.9. The van der Waals surface area contributed by atoms with E-state index in [1.165, 1.54) is 12.7 Å². The normalized spacial score (nSPS) is 20.8. The van der Waals surface area contributed by atoms with Gasteiger partial charge in [-0.05, 0) is 148 Å². The second-order valence-corrected chi connectivity index (χ2v) is 18.1. The van der Waals surface area contributed by atoms with E-state index < -0.39 is 28.9 Å². The molecule has 0 spiro atoms. The highest BCUT2D eigenvalue weighted by molar-refractivity contribution is 9.10. The van der Waals surface area contributed by atoms with Crippen molar-refractivity contribution in [2.45, 2.75) is 114 Å². The number of nitrogens with one attached hydrogen (secondary N) is 2. The Morgan fingerprint density at radius 1 is 0.644 bits per heavy atom. The van der Waals surface area contributed by atoms with Gasteiger partial charge in [-0.15, -0.1) is 0 Å². The van der Waals surface area contributed by atoms with Crippen molar-refractivity contribution >= 4 is 55.6 Å². The second kappa shape index (κ2) is 17.9. The first-order valence-corrected chi connectivity index (χ1v) is 21.9. The van der Waals surface area contributed by atoms with Gasteiger partial charge in [-0.2, -0.15) is 0 Å². The summed E-state index contributed by atoms with van der Waals surface area (Å²) in [6, 6.07) is 22.9. The molecule has 59 heavy (non-hydrogen) atoms. The molecule has 0 saturated heterocycles. The number of benzene rings is 4. The summed E-state index contributed by atoms with van der Waals surface area (Å²) >= 11 is 6.97. The monoisotopic (exact) mass is 928 g/mol. The third-order valence-corrected chi connectivity index (χ3v) is 13.2. The van der Waals surface area contributed by atoms with E-state index in [4.69, 9.17) is 14.2 Å². The Morgan fingerprint density at radius 3 is 1.51 bits per heavy atom. The zero-order chi connectivity index (χ0) is 41.9. The number of fused-ring (bicyclic) bond motifs is 2. The summed E-state index contributed by atoms with van der Waals surface area (Å²) in [7, 11) is 1.37. The fraction of sp³-hybridized carbons (Fsp3) is 0.404. The Labute approximate surface area is 362 Å². The minimum atomic E-state index is -1.32. The molecule has 2 unspecified atom stereocenters. The van der Waals surface area contributed by atoms with Crippen LogP contribution in [-0.2, 0) is 40.0 Å². The van der Waals surface area contributed by atoms with Crippen molar-refractivity contribution in [3.63, 3.8) is 0 Å². The van der Waals surface area contributed by atoms with E-state index >= 15 is 0 Å². The van der Waals surface area contributed by atoms with Gasteiger partial charge in [0.25, 0.3) is 11.8 Å². The van der Waals surface area contributed by atoms with Gasteiger partial charge >= 0.3 is 11.9 Å². The van der Waals surface area contributed by atoms with Crippen LogP contribution in [0.15, 0.2) is 81.7 Å². The molecule has 0 heterocycles. The first kappa shape index (κ1) is 42.4. The Hall–Kier alpha value is -4.68. The van der Waals surface area contributed by atoms with E-state index in [0.29, 0.717) is 54.7 Å². The van der Waals surface area contributed by atoms with Gasteiger partial charge in [-0.3, -0.25) is 9.59 Å². The van der Waals surface area contributed by atoms with E-state index in [9.17, 15) is 24.3 Å². The smallest absolute Gasteiger partial charge is 0.331 e. The molecule has 4 aliphatic carbocycles. The van der Waals surface area contributed by atoms with Gasteiger partial charge in [-0.25, -0.2) is 9.59 Å². The lowest BCUT2D eigenvalue weighted by Crippen LogP contribution is -2.58. The van der Waals surface area contributed by atoms with Gasteiger partial charge < -0.3 is 30.0 Å². The summed E-state index contributed by atoms with van der Waals surface area (Å²) in [5.41, 5.74) is 4.55. The molecular weight excluding hydrogens is 880 g/mol. The molecule has 310 valence electrons. The largest absolute Gasteiger partial charge is 0.489 e. The van der Waals surface area contributed by atoms with Gasteiger partial charge in [0.1, 0.15) is 22.6 Å². The Balaban J connectivity index is 0.000000179. The van der Waals surface area contributed by atoms with E-state index in [2.05, 4.69) is 48.6 Å². The number of aliphatic carboxylic acids is 1. The van der Waals surface area contributed by atoms with Crippen LogP contribution in [0.25, 0.3) is 0 Å². The Morgan fingerprint density at radius 2 is 1.08 bits per heavy atom. The molecule has 3 N–H and O–H groups in total. The number of aryl methyl sites for hydroxylation is 4. The number of halogens is 2. The van der Waals surface area contributed by atoms with Crippen LogP contribution >= 0.6 is 31.9 Å². The molecule has 12 heteroatoms. The summed E-state index contributed by atoms with van der Waals surface area (Å²) in [6.07, 6.45) is 9.35. The van der Waals surface area contributed by atoms with Gasteiger partial charge in [0.2, 0.25) is 0 Å². The molecule has 10 nitrogen and oxygen atoms in total. The minimum absolute atomic E-state index is 0.135. The Bertz CT molecular complexity index is 2270. The molecule has 2 atom stereocenters. The number of rotatable bonds is 10. The van der Waals surface area contributed by atoms with Gasteiger partial charge in [0.15, 0.2) is 0 Å². The molecular formula is C47H50Br2N2O8. The number of methoxy groups -OCH3 is 1. The molecule has 2 saturated carbocycles. The zero-order valence-electron chi connectivity index (χ0n) is 33.6. The lowest BCUT2D eigenvalue weighted by atomic mass is 9.77. The zero-order valence-corrected chi connectivity index (χ0v) is 36.8. The first-order chi connectivity index (χ1) is 28.3. The molecule has 0 radical (unpaired) electrons. The maximum absolute atomic E-state index is 13.4. The molecule has 2 fully saturated rings. The maximum atomic E-state index is 13.4. The topological polar surface area (TPSA) is 140 Å². The van der Waals surface area contributed by atoms with Crippen LogP contribution < -0.4 is 20.1 Å². The SMILES string of the molecule is COC(=O)C1(NC(=O)c2cccc(C)c2OC2CCC2)CCc2cc(Br)ccc2C1.Cc1cccc(C(=O)NC2(C(=O)O)CCc3cc(Br)ccc3C2)c1OC1CCC1. The molecule has 0 aliphatic heterocycles. The van der Waals surface area contributed by atoms with E-state index in [1.807, 2.05) is 62.4 Å². The van der Waals surface area contributed by atoms with E-state index in [0.717, 1.165) is 75.3 Å². The van der Waals surface area contributed by atoms with Crippen LogP contribution in [0.1, 0.15) is 105 Å². The van der Waals surface area contributed by atoms with Crippen LogP contribution in [0.5, 0.6) is 11.5 Å². The number of ether oxygens (including phenoxy) is 3. The average Bonchev–Trinajstić information content (AvgIpc) is 3.18. The fourth-order valence-corrected chi connectivity index (χ4v) is 9.06. The van der Waals surface area contributed by atoms with Crippen molar-refractivity contribution in [3.8, 4) is 11.5 Å². The van der Waals surface area contributed by atoms with Crippen molar-refractivity contribution in [2.24, 2.45) is 0 Å². The average molecular weight is 931 g/mol. The molecule has 4 aromatic rings. The van der Waals surface area contributed by atoms with Gasteiger partial charge in [-0.1, -0.05) is 68.3 Å². The number of carboxylic acids is 1. The molecule has 4 aliphatic rings. The number of carbonyl (C=O) groups is 4. The summed E-state index contributed by atoms with van der Waals surface area (Å²) in [5, 5.41) is 15.9. The van der Waals surface area contributed by atoms with Crippen molar-refractivity contribution in [3.05, 3.63) is 126 Å². The highest BCUT2D eigenvalue weighted by Crippen LogP contribution is 2.36. The maximum Gasteiger partial charge on any atom is 0.331 e. The fourth-order valence-electron chi connectivity index (χ4n) is 8.25. The summed E-state index contributed by atoms with van der Waals surface area (Å²) < 4.78 is 19.3. The Kier molecular flexibility index (Phi) is 12.9. The second-order valence-electron chi connectivity index (χ2n) is 16.3. The number of carbonyl (C=O) groups excluding carboxylic acids is 3.